The van der Waals surface area contributed by atoms with Crippen LogP contribution in [0, 0.1) is 12.3 Å². The number of ether oxygens (including phenoxy) is 2. The number of rotatable bonds is 3. The third-order valence-electron chi connectivity index (χ3n) is 4.00. The zero-order valence-corrected chi connectivity index (χ0v) is 12.0. The molecule has 3 heteroatoms. The normalized spacial score (nSPS) is 21.9. The molecule has 0 aliphatic carbocycles. The second-order valence-corrected chi connectivity index (χ2v) is 5.74. The number of hydrogen-bond acceptors (Lipinski definition) is 3. The van der Waals surface area contributed by atoms with Crippen molar-refractivity contribution in [3.8, 4) is 11.5 Å². The molecular formula is C15H23NO2. The minimum absolute atomic E-state index is 0.244. The Morgan fingerprint density at radius 3 is 2.33 bits per heavy atom. The molecule has 100 valence electrons. The van der Waals surface area contributed by atoms with Crippen molar-refractivity contribution in [2.24, 2.45) is 5.41 Å². The van der Waals surface area contributed by atoms with E-state index < -0.39 is 0 Å². The molecule has 1 aromatic carbocycles. The van der Waals surface area contributed by atoms with E-state index in [1.165, 1.54) is 5.56 Å². The second-order valence-electron chi connectivity index (χ2n) is 5.74. The lowest BCUT2D eigenvalue weighted by Crippen LogP contribution is -2.21. The van der Waals surface area contributed by atoms with Crippen molar-refractivity contribution in [1.29, 1.82) is 0 Å². The second kappa shape index (κ2) is 4.81. The molecule has 18 heavy (non-hydrogen) atoms. The first kappa shape index (κ1) is 13.2. The van der Waals surface area contributed by atoms with Gasteiger partial charge in [-0.15, -0.1) is 0 Å². The SMILES string of the molecule is COc1cc(C2CNCC2(C)C)c(OC)cc1C. The third kappa shape index (κ3) is 2.19. The molecule has 0 spiro atoms. The number of hydrogen-bond donors (Lipinski definition) is 1. The first-order chi connectivity index (χ1) is 8.49. The topological polar surface area (TPSA) is 30.5 Å². The molecule has 1 aliphatic rings. The Morgan fingerprint density at radius 1 is 1.17 bits per heavy atom. The van der Waals surface area contributed by atoms with E-state index in [4.69, 9.17) is 9.47 Å². The molecule has 1 aromatic rings. The molecule has 1 heterocycles. The highest BCUT2D eigenvalue weighted by Crippen LogP contribution is 2.44. The summed E-state index contributed by atoms with van der Waals surface area (Å²) in [6, 6.07) is 4.20. The van der Waals surface area contributed by atoms with Gasteiger partial charge < -0.3 is 14.8 Å². The van der Waals surface area contributed by atoms with E-state index in [0.29, 0.717) is 5.92 Å². The van der Waals surface area contributed by atoms with Gasteiger partial charge in [-0.3, -0.25) is 0 Å². The number of nitrogens with one attached hydrogen (secondary N) is 1. The van der Waals surface area contributed by atoms with Crippen LogP contribution in [-0.4, -0.2) is 27.3 Å². The number of methoxy groups -OCH3 is 2. The van der Waals surface area contributed by atoms with Crippen molar-refractivity contribution in [1.82, 2.24) is 5.32 Å². The zero-order valence-electron chi connectivity index (χ0n) is 12.0. The molecule has 0 amide bonds. The maximum absolute atomic E-state index is 5.55. The van der Waals surface area contributed by atoms with Crippen LogP contribution in [0.25, 0.3) is 0 Å². The molecule has 1 atom stereocenters. The Morgan fingerprint density at radius 2 is 1.83 bits per heavy atom. The minimum Gasteiger partial charge on any atom is -0.496 e. The fourth-order valence-corrected chi connectivity index (χ4v) is 2.82. The predicted octanol–water partition coefficient (Wildman–Crippen LogP) is 2.73. The Labute approximate surface area is 109 Å². The van der Waals surface area contributed by atoms with E-state index in [2.05, 4.69) is 31.3 Å². The van der Waals surface area contributed by atoms with Crippen molar-refractivity contribution in [2.75, 3.05) is 27.3 Å². The summed E-state index contributed by atoms with van der Waals surface area (Å²) in [6.45, 7) is 8.67. The van der Waals surface area contributed by atoms with Crippen LogP contribution in [0.15, 0.2) is 12.1 Å². The largest absolute Gasteiger partial charge is 0.496 e. The van der Waals surface area contributed by atoms with Gasteiger partial charge in [-0.1, -0.05) is 13.8 Å². The molecular weight excluding hydrogens is 226 g/mol. The summed E-state index contributed by atoms with van der Waals surface area (Å²) < 4.78 is 11.0. The van der Waals surface area contributed by atoms with Gasteiger partial charge in [0, 0.05) is 24.6 Å². The summed E-state index contributed by atoms with van der Waals surface area (Å²) in [5.74, 6) is 2.37. The van der Waals surface area contributed by atoms with Crippen LogP contribution in [0.4, 0.5) is 0 Å². The molecule has 1 aliphatic heterocycles. The molecule has 2 rings (SSSR count). The van der Waals surface area contributed by atoms with E-state index in [-0.39, 0.29) is 5.41 Å². The third-order valence-corrected chi connectivity index (χ3v) is 4.00. The summed E-state index contributed by atoms with van der Waals surface area (Å²) in [4.78, 5) is 0. The quantitative estimate of drug-likeness (QED) is 0.893. The first-order valence-corrected chi connectivity index (χ1v) is 6.43. The van der Waals surface area contributed by atoms with E-state index in [0.717, 1.165) is 30.2 Å². The summed E-state index contributed by atoms with van der Waals surface area (Å²) in [6.07, 6.45) is 0. The molecule has 0 aromatic heterocycles. The highest BCUT2D eigenvalue weighted by molar-refractivity contribution is 5.48. The summed E-state index contributed by atoms with van der Waals surface area (Å²) in [7, 11) is 3.46. The van der Waals surface area contributed by atoms with Gasteiger partial charge in [0.2, 0.25) is 0 Å². The van der Waals surface area contributed by atoms with Crippen molar-refractivity contribution in [2.45, 2.75) is 26.7 Å². The fourth-order valence-electron chi connectivity index (χ4n) is 2.82. The van der Waals surface area contributed by atoms with Crippen molar-refractivity contribution < 1.29 is 9.47 Å². The molecule has 1 N–H and O–H groups in total. The lowest BCUT2D eigenvalue weighted by molar-refractivity contribution is 0.342. The molecule has 0 saturated carbocycles. The van der Waals surface area contributed by atoms with Crippen LogP contribution < -0.4 is 14.8 Å². The Hall–Kier alpha value is -1.22. The molecule has 0 radical (unpaired) electrons. The Balaban J connectivity index is 2.48. The summed E-state index contributed by atoms with van der Waals surface area (Å²) in [5, 5.41) is 3.47. The van der Waals surface area contributed by atoms with Crippen LogP contribution in [0.3, 0.4) is 0 Å². The average Bonchev–Trinajstić information content (AvgIpc) is 2.68. The maximum atomic E-state index is 5.55. The van der Waals surface area contributed by atoms with Gasteiger partial charge in [0.05, 0.1) is 14.2 Å². The van der Waals surface area contributed by atoms with Gasteiger partial charge >= 0.3 is 0 Å². The van der Waals surface area contributed by atoms with Crippen LogP contribution >= 0.6 is 0 Å². The van der Waals surface area contributed by atoms with Gasteiger partial charge in [-0.2, -0.15) is 0 Å². The van der Waals surface area contributed by atoms with E-state index in [9.17, 15) is 0 Å². The van der Waals surface area contributed by atoms with Crippen molar-refractivity contribution >= 4 is 0 Å². The molecule has 1 unspecified atom stereocenters. The van der Waals surface area contributed by atoms with Crippen molar-refractivity contribution in [3.05, 3.63) is 23.3 Å². The van der Waals surface area contributed by atoms with Crippen molar-refractivity contribution in [3.63, 3.8) is 0 Å². The first-order valence-electron chi connectivity index (χ1n) is 6.43. The lowest BCUT2D eigenvalue weighted by atomic mass is 9.77. The van der Waals surface area contributed by atoms with Gasteiger partial charge in [-0.05, 0) is 30.0 Å². The number of aryl methyl sites for hydroxylation is 1. The molecule has 1 saturated heterocycles. The van der Waals surface area contributed by atoms with Crippen LogP contribution in [-0.2, 0) is 0 Å². The molecule has 1 fully saturated rings. The van der Waals surface area contributed by atoms with E-state index in [1.807, 2.05) is 6.92 Å². The van der Waals surface area contributed by atoms with E-state index in [1.54, 1.807) is 14.2 Å². The van der Waals surface area contributed by atoms with E-state index >= 15 is 0 Å². The van der Waals surface area contributed by atoms with Gasteiger partial charge in [0.1, 0.15) is 11.5 Å². The highest BCUT2D eigenvalue weighted by atomic mass is 16.5. The minimum atomic E-state index is 0.244. The van der Waals surface area contributed by atoms with Gasteiger partial charge in [-0.25, -0.2) is 0 Å². The maximum Gasteiger partial charge on any atom is 0.122 e. The standard InChI is InChI=1S/C15H23NO2/c1-10-6-14(18-5)11(7-13(10)17-4)12-8-16-9-15(12,2)3/h6-7,12,16H,8-9H2,1-5H3. The Bertz CT molecular complexity index is 440. The average molecular weight is 249 g/mol. The summed E-state index contributed by atoms with van der Waals surface area (Å²) >= 11 is 0. The van der Waals surface area contributed by atoms with Gasteiger partial charge in [0.25, 0.3) is 0 Å². The zero-order chi connectivity index (χ0) is 13.3. The number of benzene rings is 1. The summed E-state index contributed by atoms with van der Waals surface area (Å²) in [5.41, 5.74) is 2.60. The predicted molar refractivity (Wildman–Crippen MR) is 73.7 cm³/mol. The highest BCUT2D eigenvalue weighted by Gasteiger charge is 2.37. The smallest absolute Gasteiger partial charge is 0.122 e. The van der Waals surface area contributed by atoms with Crippen LogP contribution in [0.1, 0.15) is 30.9 Å². The lowest BCUT2D eigenvalue weighted by Gasteiger charge is -2.28. The van der Waals surface area contributed by atoms with Crippen LogP contribution in [0.2, 0.25) is 0 Å². The molecule has 0 bridgehead atoms. The van der Waals surface area contributed by atoms with Crippen LogP contribution in [0.5, 0.6) is 11.5 Å². The fraction of sp³-hybridized carbons (Fsp3) is 0.600. The molecule has 3 nitrogen and oxygen atoms in total. The van der Waals surface area contributed by atoms with Gasteiger partial charge in [0.15, 0.2) is 0 Å². The monoisotopic (exact) mass is 249 g/mol. The Kier molecular flexibility index (Phi) is 3.53.